The van der Waals surface area contributed by atoms with Crippen molar-refractivity contribution in [3.05, 3.63) is 65.5 Å². The van der Waals surface area contributed by atoms with E-state index in [0.29, 0.717) is 5.56 Å². The summed E-state index contributed by atoms with van der Waals surface area (Å²) in [6, 6.07) is 12.1. The highest BCUT2D eigenvalue weighted by molar-refractivity contribution is 6.27. The molecule has 8 heteroatoms. The Hall–Kier alpha value is -3.26. The third-order valence-corrected chi connectivity index (χ3v) is 4.41. The number of aliphatic carboxylic acids is 2. The molecule has 0 saturated carbocycles. The number of hydrogen-bond donors (Lipinski definition) is 2. The van der Waals surface area contributed by atoms with Gasteiger partial charge in [0, 0.05) is 45.1 Å². The Morgan fingerprint density at radius 1 is 0.964 bits per heavy atom. The molecule has 0 unspecified atom stereocenters. The standard InChI is InChI=1S/C18H21N3O.C2H2O4/c1-15-5-2-3-6-17(15)14-20-9-11-21(12-10-20)18(22)16-7-4-8-19-13-16;3-1(4)2(5)6/h2-8,13H,9-12,14H2,1H3;(H,3,4)(H,5,6). The number of piperazine rings is 1. The Kier molecular flexibility index (Phi) is 7.65. The molecule has 148 valence electrons. The third kappa shape index (κ3) is 6.17. The summed E-state index contributed by atoms with van der Waals surface area (Å²) in [5.74, 6) is -3.56. The quantitative estimate of drug-likeness (QED) is 0.770. The molecule has 2 heterocycles. The summed E-state index contributed by atoms with van der Waals surface area (Å²) < 4.78 is 0. The molecule has 1 fully saturated rings. The van der Waals surface area contributed by atoms with Gasteiger partial charge in [-0.05, 0) is 30.2 Å². The fourth-order valence-corrected chi connectivity index (χ4v) is 2.81. The number of amides is 1. The molecule has 1 aromatic heterocycles. The summed E-state index contributed by atoms with van der Waals surface area (Å²) in [6.07, 6.45) is 3.33. The van der Waals surface area contributed by atoms with Crippen LogP contribution in [-0.4, -0.2) is 69.0 Å². The molecule has 0 aliphatic carbocycles. The molecule has 1 saturated heterocycles. The van der Waals surface area contributed by atoms with Gasteiger partial charge in [-0.2, -0.15) is 0 Å². The zero-order chi connectivity index (χ0) is 20.5. The molecular weight excluding hydrogens is 362 g/mol. The molecule has 1 amide bonds. The molecule has 1 aliphatic rings. The van der Waals surface area contributed by atoms with Gasteiger partial charge in [0.2, 0.25) is 0 Å². The molecule has 2 N–H and O–H groups in total. The molecule has 0 radical (unpaired) electrons. The molecule has 28 heavy (non-hydrogen) atoms. The Bertz CT molecular complexity index is 806. The number of carbonyl (C=O) groups excluding carboxylic acids is 1. The van der Waals surface area contributed by atoms with Crippen LogP contribution >= 0.6 is 0 Å². The highest BCUT2D eigenvalue weighted by atomic mass is 16.4. The van der Waals surface area contributed by atoms with Crippen LogP contribution < -0.4 is 0 Å². The van der Waals surface area contributed by atoms with Crippen LogP contribution in [0.4, 0.5) is 0 Å². The Morgan fingerprint density at radius 3 is 2.14 bits per heavy atom. The first-order valence-corrected chi connectivity index (χ1v) is 8.81. The number of aromatic nitrogens is 1. The van der Waals surface area contributed by atoms with Gasteiger partial charge < -0.3 is 15.1 Å². The second kappa shape index (κ2) is 10.2. The van der Waals surface area contributed by atoms with Gasteiger partial charge in [-0.3, -0.25) is 14.7 Å². The van der Waals surface area contributed by atoms with Gasteiger partial charge >= 0.3 is 11.9 Å². The maximum absolute atomic E-state index is 12.4. The summed E-state index contributed by atoms with van der Waals surface area (Å²) in [4.78, 5) is 38.9. The number of aryl methyl sites for hydroxylation is 1. The molecule has 2 aromatic rings. The topological polar surface area (TPSA) is 111 Å². The molecule has 1 aromatic carbocycles. The number of rotatable bonds is 3. The van der Waals surface area contributed by atoms with Crippen LogP contribution in [0.15, 0.2) is 48.8 Å². The van der Waals surface area contributed by atoms with Crippen molar-refractivity contribution in [1.82, 2.24) is 14.8 Å². The van der Waals surface area contributed by atoms with Crippen LogP contribution in [0.5, 0.6) is 0 Å². The lowest BCUT2D eigenvalue weighted by atomic mass is 10.1. The zero-order valence-corrected chi connectivity index (χ0v) is 15.6. The van der Waals surface area contributed by atoms with Gasteiger partial charge in [0.1, 0.15) is 0 Å². The maximum Gasteiger partial charge on any atom is 0.414 e. The Morgan fingerprint density at radius 2 is 1.61 bits per heavy atom. The second-order valence-electron chi connectivity index (χ2n) is 6.35. The van der Waals surface area contributed by atoms with Crippen LogP contribution in [-0.2, 0) is 16.1 Å². The summed E-state index contributed by atoms with van der Waals surface area (Å²) in [5.41, 5.74) is 3.38. The average molecular weight is 385 g/mol. The maximum atomic E-state index is 12.4. The largest absolute Gasteiger partial charge is 0.473 e. The molecule has 0 spiro atoms. The number of hydrogen-bond acceptors (Lipinski definition) is 5. The van der Waals surface area contributed by atoms with E-state index in [4.69, 9.17) is 19.8 Å². The fraction of sp³-hybridized carbons (Fsp3) is 0.300. The number of pyridine rings is 1. The lowest BCUT2D eigenvalue weighted by Gasteiger charge is -2.35. The van der Waals surface area contributed by atoms with E-state index in [2.05, 4.69) is 41.1 Å². The zero-order valence-electron chi connectivity index (χ0n) is 15.6. The van der Waals surface area contributed by atoms with Crippen molar-refractivity contribution < 1.29 is 24.6 Å². The van der Waals surface area contributed by atoms with E-state index in [9.17, 15) is 4.79 Å². The Labute approximate surface area is 163 Å². The van der Waals surface area contributed by atoms with Crippen molar-refractivity contribution in [2.24, 2.45) is 0 Å². The van der Waals surface area contributed by atoms with Crippen molar-refractivity contribution >= 4 is 17.8 Å². The molecular formula is C20H23N3O5. The molecule has 8 nitrogen and oxygen atoms in total. The first-order chi connectivity index (χ1) is 13.4. The van der Waals surface area contributed by atoms with Gasteiger partial charge in [-0.15, -0.1) is 0 Å². The van der Waals surface area contributed by atoms with Crippen LogP contribution in [0.1, 0.15) is 21.5 Å². The van der Waals surface area contributed by atoms with E-state index in [1.807, 2.05) is 17.0 Å². The van der Waals surface area contributed by atoms with Gasteiger partial charge in [-0.1, -0.05) is 24.3 Å². The average Bonchev–Trinajstić information content (AvgIpc) is 2.71. The molecule has 3 rings (SSSR count). The predicted octanol–water partition coefficient (Wildman–Crippen LogP) is 1.50. The predicted molar refractivity (Wildman–Crippen MR) is 102 cm³/mol. The fourth-order valence-electron chi connectivity index (χ4n) is 2.81. The first-order valence-electron chi connectivity index (χ1n) is 8.81. The van der Waals surface area contributed by atoms with Crippen LogP contribution in [0.2, 0.25) is 0 Å². The minimum atomic E-state index is -1.82. The van der Waals surface area contributed by atoms with E-state index in [1.165, 1.54) is 11.1 Å². The van der Waals surface area contributed by atoms with Gasteiger partial charge in [0.25, 0.3) is 5.91 Å². The number of carbonyl (C=O) groups is 3. The summed E-state index contributed by atoms with van der Waals surface area (Å²) >= 11 is 0. The lowest BCUT2D eigenvalue weighted by Crippen LogP contribution is -2.48. The monoisotopic (exact) mass is 385 g/mol. The normalized spacial score (nSPS) is 14.0. The lowest BCUT2D eigenvalue weighted by molar-refractivity contribution is -0.159. The summed E-state index contributed by atoms with van der Waals surface area (Å²) in [6.45, 7) is 6.50. The molecule has 0 atom stereocenters. The number of carboxylic acid groups (broad SMARTS) is 2. The van der Waals surface area contributed by atoms with Crippen LogP contribution in [0.3, 0.4) is 0 Å². The van der Waals surface area contributed by atoms with Crippen molar-refractivity contribution in [3.63, 3.8) is 0 Å². The van der Waals surface area contributed by atoms with Crippen molar-refractivity contribution in [2.75, 3.05) is 26.2 Å². The van der Waals surface area contributed by atoms with Gasteiger partial charge in [0.05, 0.1) is 5.56 Å². The highest BCUT2D eigenvalue weighted by Gasteiger charge is 2.22. The van der Waals surface area contributed by atoms with Crippen molar-refractivity contribution in [2.45, 2.75) is 13.5 Å². The SMILES string of the molecule is Cc1ccccc1CN1CCN(C(=O)c2cccnc2)CC1.O=C(O)C(=O)O. The van der Waals surface area contributed by atoms with E-state index in [-0.39, 0.29) is 5.91 Å². The van der Waals surface area contributed by atoms with Crippen molar-refractivity contribution in [1.29, 1.82) is 0 Å². The highest BCUT2D eigenvalue weighted by Crippen LogP contribution is 2.13. The molecule has 1 aliphatic heterocycles. The molecule has 0 bridgehead atoms. The first kappa shape index (κ1) is 21.0. The van der Waals surface area contributed by atoms with E-state index < -0.39 is 11.9 Å². The minimum absolute atomic E-state index is 0.0867. The number of benzene rings is 1. The van der Waals surface area contributed by atoms with Gasteiger partial charge in [0.15, 0.2) is 0 Å². The third-order valence-electron chi connectivity index (χ3n) is 4.41. The van der Waals surface area contributed by atoms with E-state index in [0.717, 1.165) is 32.7 Å². The van der Waals surface area contributed by atoms with Crippen LogP contribution in [0, 0.1) is 6.92 Å². The number of carboxylic acids is 2. The summed E-state index contributed by atoms with van der Waals surface area (Å²) in [5, 5.41) is 14.8. The van der Waals surface area contributed by atoms with Crippen molar-refractivity contribution in [3.8, 4) is 0 Å². The second-order valence-corrected chi connectivity index (χ2v) is 6.35. The number of nitrogens with zero attached hydrogens (tertiary/aromatic N) is 3. The van der Waals surface area contributed by atoms with Crippen LogP contribution in [0.25, 0.3) is 0 Å². The van der Waals surface area contributed by atoms with E-state index in [1.54, 1.807) is 12.4 Å². The smallest absolute Gasteiger partial charge is 0.414 e. The summed E-state index contributed by atoms with van der Waals surface area (Å²) in [7, 11) is 0. The minimum Gasteiger partial charge on any atom is -0.473 e. The van der Waals surface area contributed by atoms with E-state index >= 15 is 0 Å². The van der Waals surface area contributed by atoms with Gasteiger partial charge in [-0.25, -0.2) is 9.59 Å². The Balaban J connectivity index is 0.000000409.